The molecule has 0 radical (unpaired) electrons. The van der Waals surface area contributed by atoms with E-state index in [1.165, 1.54) is 54.9 Å². The molecule has 0 bridgehead atoms. The van der Waals surface area contributed by atoms with Crippen molar-refractivity contribution in [3.8, 4) is 22.3 Å². The normalized spacial score (nSPS) is 12.9. The molecule has 0 saturated heterocycles. The first-order valence-electron chi connectivity index (χ1n) is 20.1. The maximum absolute atomic E-state index is 6.42. The molecular formula is C56H39NO. The Morgan fingerprint density at radius 1 is 0.397 bits per heavy atom. The van der Waals surface area contributed by atoms with Gasteiger partial charge in [-0.15, -0.1) is 0 Å². The van der Waals surface area contributed by atoms with E-state index in [-0.39, 0.29) is 0 Å². The van der Waals surface area contributed by atoms with Crippen LogP contribution in [-0.2, 0) is 0 Å². The molecular weight excluding hydrogens is 703 g/mol. The van der Waals surface area contributed by atoms with Crippen LogP contribution in [0, 0.1) is 0 Å². The van der Waals surface area contributed by atoms with Gasteiger partial charge in [-0.1, -0.05) is 158 Å². The van der Waals surface area contributed by atoms with Gasteiger partial charge in [0.05, 0.1) is 5.69 Å². The average molecular weight is 742 g/mol. The van der Waals surface area contributed by atoms with Crippen molar-refractivity contribution in [1.82, 2.24) is 0 Å². The number of anilines is 3. The van der Waals surface area contributed by atoms with Gasteiger partial charge in [-0.3, -0.25) is 0 Å². The second-order valence-electron chi connectivity index (χ2n) is 15.2. The van der Waals surface area contributed by atoms with E-state index < -0.39 is 0 Å². The van der Waals surface area contributed by atoms with Crippen molar-refractivity contribution >= 4 is 71.7 Å². The molecule has 9 aromatic carbocycles. The van der Waals surface area contributed by atoms with Crippen molar-refractivity contribution in [3.63, 3.8) is 0 Å². The second-order valence-corrected chi connectivity index (χ2v) is 15.2. The van der Waals surface area contributed by atoms with Crippen LogP contribution >= 0.6 is 0 Å². The Kier molecular flexibility index (Phi) is 8.33. The predicted molar refractivity (Wildman–Crippen MR) is 246 cm³/mol. The summed E-state index contributed by atoms with van der Waals surface area (Å²) in [7, 11) is 0. The van der Waals surface area contributed by atoms with E-state index in [4.69, 9.17) is 4.42 Å². The van der Waals surface area contributed by atoms with Crippen molar-refractivity contribution in [2.75, 3.05) is 4.90 Å². The zero-order valence-electron chi connectivity index (χ0n) is 32.0. The molecule has 2 nitrogen and oxygen atoms in total. The zero-order chi connectivity index (χ0) is 38.4. The number of allylic oxidation sites excluding steroid dienone is 4. The van der Waals surface area contributed by atoms with Crippen LogP contribution in [0.3, 0.4) is 0 Å². The van der Waals surface area contributed by atoms with E-state index in [1.807, 2.05) is 0 Å². The topological polar surface area (TPSA) is 16.4 Å². The van der Waals surface area contributed by atoms with Crippen LogP contribution in [0.15, 0.2) is 217 Å². The number of rotatable bonds is 7. The molecule has 0 N–H and O–H groups in total. The number of nitrogens with zero attached hydrogens (tertiary/aromatic N) is 1. The van der Waals surface area contributed by atoms with Gasteiger partial charge in [0.2, 0.25) is 0 Å². The summed E-state index contributed by atoms with van der Waals surface area (Å²) in [5.74, 6) is 0. The predicted octanol–water partition coefficient (Wildman–Crippen LogP) is 16.0. The number of benzene rings is 9. The van der Waals surface area contributed by atoms with E-state index >= 15 is 0 Å². The molecule has 0 unspecified atom stereocenters. The Bertz CT molecular complexity index is 3220. The summed E-state index contributed by atoms with van der Waals surface area (Å²) in [6.45, 7) is 0. The van der Waals surface area contributed by atoms with Gasteiger partial charge in [0.25, 0.3) is 0 Å². The number of hydrogen-bond donors (Lipinski definition) is 0. The third kappa shape index (κ3) is 6.07. The molecule has 1 aliphatic rings. The standard InChI is InChI=1S/C56H39NO/c1-2-13-38(14-3-1)42-20-11-22-48(34-42)57(47-30-27-39(28-31-47)41-19-10-21-45(33-41)50-25-12-18-40-15-6-7-23-49(40)50)54-26-9-8-24-51(54)46-29-32-55-52(36-46)53-35-43-16-4-5-17-44(43)37-56(53)58-55/h1-9,11-20,22-37H,10,21H2. The fraction of sp³-hybridized carbons (Fsp3) is 0.0357. The van der Waals surface area contributed by atoms with Crippen molar-refractivity contribution in [3.05, 3.63) is 223 Å². The molecule has 2 heteroatoms. The lowest BCUT2D eigenvalue weighted by atomic mass is 9.88. The van der Waals surface area contributed by atoms with Crippen LogP contribution in [0.1, 0.15) is 24.0 Å². The van der Waals surface area contributed by atoms with Crippen LogP contribution in [-0.4, -0.2) is 0 Å². The maximum atomic E-state index is 6.42. The van der Waals surface area contributed by atoms with E-state index in [1.54, 1.807) is 0 Å². The number of furan rings is 1. The SMILES string of the molecule is C1=C(c2ccc(N(c3cccc(-c4ccccc4)c3)c3ccccc3-c3ccc4oc5cc6ccccc6cc5c4c3)cc2)C=C(c2cccc3ccccc23)CC1. The number of fused-ring (bicyclic) bond motifs is 5. The summed E-state index contributed by atoms with van der Waals surface area (Å²) >= 11 is 0. The van der Waals surface area contributed by atoms with Crippen LogP contribution in [0.4, 0.5) is 17.1 Å². The Balaban J connectivity index is 1.02. The van der Waals surface area contributed by atoms with E-state index in [9.17, 15) is 0 Å². The Labute approximate surface area is 338 Å². The highest BCUT2D eigenvalue weighted by atomic mass is 16.3. The lowest BCUT2D eigenvalue weighted by Gasteiger charge is -2.28. The maximum Gasteiger partial charge on any atom is 0.136 e. The molecule has 0 fully saturated rings. The van der Waals surface area contributed by atoms with Crippen LogP contribution in [0.2, 0.25) is 0 Å². The molecule has 11 rings (SSSR count). The van der Waals surface area contributed by atoms with Gasteiger partial charge in [0, 0.05) is 27.7 Å². The molecule has 0 atom stereocenters. The van der Waals surface area contributed by atoms with Crippen molar-refractivity contribution in [1.29, 1.82) is 0 Å². The quantitative estimate of drug-likeness (QED) is 0.162. The summed E-state index contributed by atoms with van der Waals surface area (Å²) in [5, 5.41) is 7.23. The van der Waals surface area contributed by atoms with Crippen LogP contribution in [0.25, 0.3) is 76.9 Å². The minimum Gasteiger partial charge on any atom is -0.456 e. The van der Waals surface area contributed by atoms with Crippen molar-refractivity contribution in [2.45, 2.75) is 12.8 Å². The highest BCUT2D eigenvalue weighted by molar-refractivity contribution is 6.11. The largest absolute Gasteiger partial charge is 0.456 e. The van der Waals surface area contributed by atoms with Gasteiger partial charge in [-0.05, 0) is 128 Å². The molecule has 0 aliphatic heterocycles. The van der Waals surface area contributed by atoms with Gasteiger partial charge in [-0.2, -0.15) is 0 Å². The highest BCUT2D eigenvalue weighted by Gasteiger charge is 2.20. The molecule has 1 aliphatic carbocycles. The van der Waals surface area contributed by atoms with Crippen molar-refractivity contribution in [2.24, 2.45) is 0 Å². The molecule has 0 spiro atoms. The molecule has 0 amide bonds. The minimum absolute atomic E-state index is 0.893. The first kappa shape index (κ1) is 33.9. The lowest BCUT2D eigenvalue weighted by Crippen LogP contribution is -2.11. The molecule has 10 aromatic rings. The molecule has 1 heterocycles. The number of para-hydroxylation sites is 1. The first-order valence-corrected chi connectivity index (χ1v) is 20.1. The van der Waals surface area contributed by atoms with Gasteiger partial charge in [0.1, 0.15) is 11.2 Å². The second kappa shape index (κ2) is 14.3. The Morgan fingerprint density at radius 3 is 1.95 bits per heavy atom. The highest BCUT2D eigenvalue weighted by Crippen LogP contribution is 2.44. The van der Waals surface area contributed by atoms with Gasteiger partial charge < -0.3 is 9.32 Å². The Hall–Kier alpha value is -7.42. The summed E-state index contributed by atoms with van der Waals surface area (Å²) in [4.78, 5) is 2.41. The lowest BCUT2D eigenvalue weighted by molar-refractivity contribution is 0.669. The van der Waals surface area contributed by atoms with Gasteiger partial charge >= 0.3 is 0 Å². The monoisotopic (exact) mass is 741 g/mol. The summed E-state index contributed by atoms with van der Waals surface area (Å²) < 4.78 is 6.42. The zero-order valence-corrected chi connectivity index (χ0v) is 32.0. The average Bonchev–Trinajstić information content (AvgIpc) is 3.65. The molecule has 58 heavy (non-hydrogen) atoms. The fourth-order valence-corrected chi connectivity index (χ4v) is 8.85. The van der Waals surface area contributed by atoms with E-state index in [0.717, 1.165) is 63.0 Å². The fourth-order valence-electron chi connectivity index (χ4n) is 8.85. The van der Waals surface area contributed by atoms with E-state index in [0.29, 0.717) is 0 Å². The minimum atomic E-state index is 0.893. The summed E-state index contributed by atoms with van der Waals surface area (Å²) in [6, 6.07) is 72.3. The van der Waals surface area contributed by atoms with E-state index in [2.05, 4.69) is 217 Å². The third-order valence-electron chi connectivity index (χ3n) is 11.7. The smallest absolute Gasteiger partial charge is 0.136 e. The third-order valence-corrected chi connectivity index (χ3v) is 11.7. The molecule has 0 saturated carbocycles. The molecule has 274 valence electrons. The van der Waals surface area contributed by atoms with Gasteiger partial charge in [-0.25, -0.2) is 0 Å². The molecule has 1 aromatic heterocycles. The first-order chi connectivity index (χ1) is 28.7. The van der Waals surface area contributed by atoms with Gasteiger partial charge in [0.15, 0.2) is 0 Å². The van der Waals surface area contributed by atoms with Crippen LogP contribution < -0.4 is 4.90 Å². The number of hydrogen-bond acceptors (Lipinski definition) is 2. The van der Waals surface area contributed by atoms with Crippen molar-refractivity contribution < 1.29 is 4.42 Å². The summed E-state index contributed by atoms with van der Waals surface area (Å²) in [6.07, 6.45) is 6.84. The van der Waals surface area contributed by atoms with Crippen LogP contribution in [0.5, 0.6) is 0 Å². The summed E-state index contributed by atoms with van der Waals surface area (Å²) in [5.41, 5.74) is 15.0. The Morgan fingerprint density at radius 2 is 1.07 bits per heavy atom.